The molecule has 0 radical (unpaired) electrons. The van der Waals surface area contributed by atoms with E-state index in [0.29, 0.717) is 0 Å². The number of nitrogens with zero attached hydrogens (tertiary/aromatic N) is 1. The minimum absolute atomic E-state index is 0.528. The van der Waals surface area contributed by atoms with Crippen molar-refractivity contribution >= 4 is 19.9 Å². The molecule has 0 spiro atoms. The molecule has 84 valence electrons. The van der Waals surface area contributed by atoms with Gasteiger partial charge in [0.25, 0.3) is 11.8 Å². The van der Waals surface area contributed by atoms with Crippen LogP contribution in [0.5, 0.6) is 0 Å². The summed E-state index contributed by atoms with van der Waals surface area (Å²) in [5.41, 5.74) is 4.57. The molecule has 0 aliphatic carbocycles. The Balaban J connectivity index is 3.09. The summed E-state index contributed by atoms with van der Waals surface area (Å²) in [5.74, 6) is -2.30. The summed E-state index contributed by atoms with van der Waals surface area (Å²) in [6.45, 7) is 10.8. The summed E-state index contributed by atoms with van der Waals surface area (Å²) in [7, 11) is -2.68. The molecule has 1 aliphatic heterocycles. The first-order chi connectivity index (χ1) is 7.52. The predicted octanol–water partition coefficient (Wildman–Crippen LogP) is 0.393. The van der Waals surface area contributed by atoms with E-state index in [4.69, 9.17) is 0 Å². The third kappa shape index (κ3) is 1.70. The van der Waals surface area contributed by atoms with Gasteiger partial charge in [0.2, 0.25) is 0 Å². The lowest BCUT2D eigenvalue weighted by atomic mass is 10.6. The largest absolute Gasteiger partial charge is 0.375 e. The van der Waals surface area contributed by atoms with E-state index in [2.05, 4.69) is 19.7 Å². The summed E-state index contributed by atoms with van der Waals surface area (Å²) < 4.78 is 0. The van der Waals surface area contributed by atoms with E-state index in [1.165, 1.54) is 17.1 Å². The number of carbonyl (C=O) groups excluding carboxylic acids is 2. The molecule has 2 amide bonds. The fourth-order valence-corrected chi connectivity index (χ4v) is 3.28. The molecule has 0 bridgehead atoms. The predicted molar refractivity (Wildman–Crippen MR) is 63.3 cm³/mol. The van der Waals surface area contributed by atoms with Crippen molar-refractivity contribution in [2.75, 3.05) is 0 Å². The van der Waals surface area contributed by atoms with Crippen LogP contribution in [0.3, 0.4) is 0 Å². The number of imide groups is 1. The van der Waals surface area contributed by atoms with Gasteiger partial charge in [0.15, 0.2) is 8.07 Å². The van der Waals surface area contributed by atoms with Gasteiger partial charge in [-0.15, -0.1) is 19.7 Å². The number of aliphatic hydroxyl groups excluding tert-OH is 1. The highest BCUT2D eigenvalue weighted by molar-refractivity contribution is 6.94. The molecule has 5 heteroatoms. The van der Waals surface area contributed by atoms with E-state index >= 15 is 0 Å². The Bertz CT molecular complexity index is 360. The van der Waals surface area contributed by atoms with Crippen molar-refractivity contribution in [3.63, 3.8) is 0 Å². The first kappa shape index (κ1) is 12.3. The second-order valence-electron chi connectivity index (χ2n) is 3.37. The van der Waals surface area contributed by atoms with Crippen LogP contribution < -0.4 is 0 Å². The maximum Gasteiger partial charge on any atom is 0.255 e. The third-order valence-electron chi connectivity index (χ3n) is 2.60. The molecule has 0 aromatic carbocycles. The Morgan fingerprint density at radius 1 is 1.12 bits per heavy atom. The molecule has 1 N–H and O–H groups in total. The highest BCUT2D eigenvalue weighted by Gasteiger charge is 2.42. The summed E-state index contributed by atoms with van der Waals surface area (Å²) in [4.78, 5) is 23.6. The molecular formula is C11H13NO3Si. The van der Waals surface area contributed by atoms with E-state index in [1.54, 1.807) is 0 Å². The molecule has 0 fully saturated rings. The lowest BCUT2D eigenvalue weighted by molar-refractivity contribution is -0.143. The van der Waals surface area contributed by atoms with Crippen LogP contribution in [-0.2, 0) is 9.59 Å². The highest BCUT2D eigenvalue weighted by Crippen LogP contribution is 2.19. The Hall–Kier alpha value is -1.72. The molecule has 0 saturated carbocycles. The number of hydrogen-bond acceptors (Lipinski definition) is 3. The summed E-state index contributed by atoms with van der Waals surface area (Å²) in [6.07, 6.45) is 2.25. The Morgan fingerprint density at radius 3 is 1.81 bits per heavy atom. The SMILES string of the molecule is C=C[Si](C=C)(C=C)C(O)N1C(=O)C=CC1=O. The van der Waals surface area contributed by atoms with Crippen molar-refractivity contribution in [1.82, 2.24) is 4.90 Å². The van der Waals surface area contributed by atoms with Crippen molar-refractivity contribution in [1.29, 1.82) is 0 Å². The van der Waals surface area contributed by atoms with Crippen LogP contribution in [-0.4, -0.2) is 35.7 Å². The number of hydrogen-bond donors (Lipinski definition) is 1. The van der Waals surface area contributed by atoms with E-state index < -0.39 is 25.7 Å². The van der Waals surface area contributed by atoms with Gasteiger partial charge in [-0.1, -0.05) is 17.1 Å². The zero-order chi connectivity index (χ0) is 12.3. The first-order valence-corrected chi connectivity index (χ1v) is 6.97. The first-order valence-electron chi connectivity index (χ1n) is 4.66. The smallest absolute Gasteiger partial charge is 0.255 e. The van der Waals surface area contributed by atoms with Gasteiger partial charge in [-0.05, 0) is 0 Å². The van der Waals surface area contributed by atoms with Gasteiger partial charge in [0.05, 0.1) is 0 Å². The molecule has 1 rings (SSSR count). The molecule has 1 atom stereocenters. The van der Waals surface area contributed by atoms with Crippen molar-refractivity contribution in [2.24, 2.45) is 0 Å². The van der Waals surface area contributed by atoms with E-state index in [0.717, 1.165) is 17.1 Å². The van der Waals surface area contributed by atoms with Crippen LogP contribution >= 0.6 is 0 Å². The standard InChI is InChI=1S/C11H13NO3Si/c1-4-16(5-2,6-3)11(15)12-9(13)7-8-10(12)14/h4-8,11,15H,1-3H2. The fourth-order valence-electron chi connectivity index (χ4n) is 1.44. The van der Waals surface area contributed by atoms with Gasteiger partial charge >= 0.3 is 0 Å². The van der Waals surface area contributed by atoms with Crippen LogP contribution in [0, 0.1) is 0 Å². The van der Waals surface area contributed by atoms with Crippen LogP contribution in [0.4, 0.5) is 0 Å². The van der Waals surface area contributed by atoms with Gasteiger partial charge in [-0.2, -0.15) is 0 Å². The molecule has 4 nitrogen and oxygen atoms in total. The number of rotatable bonds is 5. The van der Waals surface area contributed by atoms with Gasteiger partial charge in [-0.3, -0.25) is 14.5 Å². The zero-order valence-electron chi connectivity index (χ0n) is 8.80. The van der Waals surface area contributed by atoms with Crippen molar-refractivity contribution in [2.45, 2.75) is 5.85 Å². The number of amides is 2. The summed E-state index contributed by atoms with van der Waals surface area (Å²) >= 11 is 0. The minimum atomic E-state index is -2.68. The van der Waals surface area contributed by atoms with Gasteiger partial charge in [0.1, 0.15) is 5.85 Å². The maximum atomic E-state index is 11.4. The monoisotopic (exact) mass is 235 g/mol. The van der Waals surface area contributed by atoms with Crippen LogP contribution in [0.1, 0.15) is 0 Å². The van der Waals surface area contributed by atoms with Crippen LogP contribution in [0.15, 0.2) is 49.0 Å². The van der Waals surface area contributed by atoms with Crippen LogP contribution in [0.25, 0.3) is 0 Å². The van der Waals surface area contributed by atoms with Gasteiger partial charge in [-0.25, -0.2) is 0 Å². The molecule has 1 aliphatic rings. The zero-order valence-corrected chi connectivity index (χ0v) is 9.80. The Labute approximate surface area is 94.9 Å². The molecule has 1 heterocycles. The Kier molecular flexibility index (Phi) is 3.41. The van der Waals surface area contributed by atoms with Crippen molar-refractivity contribution < 1.29 is 14.7 Å². The van der Waals surface area contributed by atoms with Gasteiger partial charge < -0.3 is 5.11 Å². The van der Waals surface area contributed by atoms with Crippen molar-refractivity contribution in [3.05, 3.63) is 49.0 Å². The molecule has 0 saturated heterocycles. The lowest BCUT2D eigenvalue weighted by Gasteiger charge is -2.32. The topological polar surface area (TPSA) is 57.6 Å². The average molecular weight is 235 g/mol. The third-order valence-corrected chi connectivity index (χ3v) is 5.87. The molecular weight excluding hydrogens is 222 g/mol. The average Bonchev–Trinajstić information content (AvgIpc) is 2.61. The number of aliphatic hydroxyl groups is 1. The van der Waals surface area contributed by atoms with Crippen LogP contribution in [0.2, 0.25) is 0 Å². The van der Waals surface area contributed by atoms with Gasteiger partial charge in [0, 0.05) is 12.2 Å². The second kappa shape index (κ2) is 4.42. The number of carbonyl (C=O) groups is 2. The molecule has 16 heavy (non-hydrogen) atoms. The highest BCUT2D eigenvalue weighted by atomic mass is 28.3. The minimum Gasteiger partial charge on any atom is -0.375 e. The normalized spacial score (nSPS) is 17.4. The summed E-state index contributed by atoms with van der Waals surface area (Å²) in [6, 6.07) is 0. The van der Waals surface area contributed by atoms with E-state index in [-0.39, 0.29) is 0 Å². The lowest BCUT2D eigenvalue weighted by Crippen LogP contribution is -2.56. The molecule has 0 aromatic rings. The van der Waals surface area contributed by atoms with E-state index in [9.17, 15) is 14.7 Å². The fraction of sp³-hybridized carbons (Fsp3) is 0.0909. The quantitative estimate of drug-likeness (QED) is 0.554. The molecule has 1 unspecified atom stereocenters. The second-order valence-corrected chi connectivity index (χ2v) is 7.11. The maximum absolute atomic E-state index is 11.4. The van der Waals surface area contributed by atoms with Crippen molar-refractivity contribution in [3.8, 4) is 0 Å². The summed E-state index contributed by atoms with van der Waals surface area (Å²) in [5, 5.41) is 10.1. The Morgan fingerprint density at radius 2 is 1.50 bits per heavy atom. The van der Waals surface area contributed by atoms with E-state index in [1.807, 2.05) is 0 Å². The molecule has 0 aromatic heterocycles.